The number of hydrogen-bond donors (Lipinski definition) is 1. The summed E-state index contributed by atoms with van der Waals surface area (Å²) >= 11 is 0. The van der Waals surface area contributed by atoms with Gasteiger partial charge in [0.15, 0.2) is 0 Å². The zero-order valence-corrected chi connectivity index (χ0v) is 9.48. The van der Waals surface area contributed by atoms with E-state index < -0.39 is 0 Å². The van der Waals surface area contributed by atoms with E-state index in [1.54, 1.807) is 0 Å². The molecule has 15 heavy (non-hydrogen) atoms. The molecule has 5 nitrogen and oxygen atoms in total. The molecule has 2 heterocycles. The largest absolute Gasteiger partial charge is 0.318 e. The first-order valence-electron chi connectivity index (χ1n) is 5.53. The Morgan fingerprint density at radius 3 is 3.13 bits per heavy atom. The van der Waals surface area contributed by atoms with E-state index in [1.807, 2.05) is 25.0 Å². The highest BCUT2D eigenvalue weighted by Gasteiger charge is 2.24. The third kappa shape index (κ3) is 2.35. The summed E-state index contributed by atoms with van der Waals surface area (Å²) in [6.45, 7) is 3.23. The van der Waals surface area contributed by atoms with Crippen molar-refractivity contribution >= 4 is 0 Å². The average molecular weight is 209 g/mol. The van der Waals surface area contributed by atoms with Gasteiger partial charge in [-0.25, -0.2) is 0 Å². The van der Waals surface area contributed by atoms with Gasteiger partial charge in [0.25, 0.3) is 0 Å². The Balaban J connectivity index is 1.96. The summed E-state index contributed by atoms with van der Waals surface area (Å²) in [5.41, 5.74) is 1.19. The predicted octanol–water partition coefficient (Wildman–Crippen LogP) is -0.00110. The van der Waals surface area contributed by atoms with Crippen molar-refractivity contribution in [3.8, 4) is 0 Å². The Kier molecular flexibility index (Phi) is 3.33. The maximum absolute atomic E-state index is 3.95. The number of nitrogens with zero attached hydrogens (tertiary/aromatic N) is 4. The summed E-state index contributed by atoms with van der Waals surface area (Å²) in [5.74, 6) is 0. The van der Waals surface area contributed by atoms with Gasteiger partial charge in [0.2, 0.25) is 0 Å². The van der Waals surface area contributed by atoms with Crippen LogP contribution in [0.2, 0.25) is 0 Å². The first kappa shape index (κ1) is 10.6. The van der Waals surface area contributed by atoms with Crippen molar-refractivity contribution in [2.24, 2.45) is 7.05 Å². The highest BCUT2D eigenvalue weighted by atomic mass is 15.4. The molecule has 84 valence electrons. The van der Waals surface area contributed by atoms with Crippen molar-refractivity contribution in [2.75, 3.05) is 20.1 Å². The molecule has 1 aromatic heterocycles. The number of likely N-dealkylation sites (tertiary alicyclic amines) is 1. The van der Waals surface area contributed by atoms with Crippen LogP contribution < -0.4 is 5.32 Å². The van der Waals surface area contributed by atoms with Gasteiger partial charge in [-0.2, -0.15) is 0 Å². The normalized spacial score (nSPS) is 22.4. The van der Waals surface area contributed by atoms with Gasteiger partial charge >= 0.3 is 0 Å². The summed E-state index contributed by atoms with van der Waals surface area (Å²) in [7, 11) is 3.97. The fourth-order valence-electron chi connectivity index (χ4n) is 2.23. The molecule has 1 saturated heterocycles. The lowest BCUT2D eigenvalue weighted by Gasteiger charge is -2.23. The molecule has 0 bridgehead atoms. The van der Waals surface area contributed by atoms with Crippen LogP contribution in [0.1, 0.15) is 18.5 Å². The first-order chi connectivity index (χ1) is 7.31. The SMILES string of the molecule is CNCC1CCCN1Cc1cnnn1C. The maximum atomic E-state index is 3.95. The molecule has 1 atom stereocenters. The lowest BCUT2D eigenvalue weighted by molar-refractivity contribution is 0.236. The molecular formula is C10H19N5. The second-order valence-corrected chi connectivity index (χ2v) is 4.17. The first-order valence-corrected chi connectivity index (χ1v) is 5.53. The van der Waals surface area contributed by atoms with E-state index in [9.17, 15) is 0 Å². The number of hydrogen-bond acceptors (Lipinski definition) is 4. The minimum Gasteiger partial charge on any atom is -0.318 e. The second-order valence-electron chi connectivity index (χ2n) is 4.17. The summed E-state index contributed by atoms with van der Waals surface area (Å²) in [4.78, 5) is 2.51. The Hall–Kier alpha value is -0.940. The quantitative estimate of drug-likeness (QED) is 0.758. The topological polar surface area (TPSA) is 46.0 Å². The zero-order valence-electron chi connectivity index (χ0n) is 9.48. The van der Waals surface area contributed by atoms with Crippen LogP contribution in [0, 0.1) is 0 Å². The molecule has 1 aromatic rings. The van der Waals surface area contributed by atoms with Crippen molar-refractivity contribution in [3.63, 3.8) is 0 Å². The van der Waals surface area contributed by atoms with Crippen molar-refractivity contribution in [3.05, 3.63) is 11.9 Å². The van der Waals surface area contributed by atoms with Crippen LogP contribution in [0.5, 0.6) is 0 Å². The molecule has 1 N–H and O–H groups in total. The fourth-order valence-corrected chi connectivity index (χ4v) is 2.23. The number of nitrogens with one attached hydrogen (secondary N) is 1. The lowest BCUT2D eigenvalue weighted by Crippen LogP contribution is -2.36. The summed E-state index contributed by atoms with van der Waals surface area (Å²) in [6, 6.07) is 0.671. The smallest absolute Gasteiger partial charge is 0.0738 e. The molecule has 5 heteroatoms. The van der Waals surface area contributed by atoms with Crippen LogP contribution in [0.25, 0.3) is 0 Å². The van der Waals surface area contributed by atoms with Crippen LogP contribution in [0.4, 0.5) is 0 Å². The second kappa shape index (κ2) is 4.72. The molecule has 0 aliphatic carbocycles. The summed E-state index contributed by atoms with van der Waals surface area (Å²) < 4.78 is 1.86. The van der Waals surface area contributed by atoms with Gasteiger partial charge in [-0.1, -0.05) is 5.21 Å². The van der Waals surface area contributed by atoms with Crippen molar-refractivity contribution in [1.82, 2.24) is 25.2 Å². The minimum atomic E-state index is 0.671. The Bertz CT molecular complexity index is 309. The molecule has 1 aliphatic rings. The highest BCUT2D eigenvalue weighted by molar-refractivity contribution is 4.95. The minimum absolute atomic E-state index is 0.671. The third-order valence-electron chi connectivity index (χ3n) is 3.11. The average Bonchev–Trinajstić information content (AvgIpc) is 2.80. The Morgan fingerprint density at radius 1 is 1.60 bits per heavy atom. The van der Waals surface area contributed by atoms with Crippen LogP contribution >= 0.6 is 0 Å². The van der Waals surface area contributed by atoms with E-state index in [0.717, 1.165) is 13.1 Å². The zero-order chi connectivity index (χ0) is 10.7. The highest BCUT2D eigenvalue weighted by Crippen LogP contribution is 2.18. The Morgan fingerprint density at radius 2 is 2.47 bits per heavy atom. The van der Waals surface area contributed by atoms with Crippen LogP contribution in [0.3, 0.4) is 0 Å². The number of aryl methyl sites for hydroxylation is 1. The van der Waals surface area contributed by atoms with Gasteiger partial charge in [0.05, 0.1) is 11.9 Å². The van der Waals surface area contributed by atoms with E-state index in [-0.39, 0.29) is 0 Å². The van der Waals surface area contributed by atoms with Crippen LogP contribution in [0.15, 0.2) is 6.20 Å². The molecule has 0 saturated carbocycles. The van der Waals surface area contributed by atoms with Gasteiger partial charge in [0, 0.05) is 26.2 Å². The van der Waals surface area contributed by atoms with Crippen LogP contribution in [-0.2, 0) is 13.6 Å². The van der Waals surface area contributed by atoms with E-state index in [2.05, 4.69) is 20.5 Å². The summed E-state index contributed by atoms with van der Waals surface area (Å²) in [6.07, 6.45) is 4.46. The van der Waals surface area contributed by atoms with Gasteiger partial charge < -0.3 is 5.32 Å². The molecule has 0 spiro atoms. The van der Waals surface area contributed by atoms with Gasteiger partial charge in [-0.05, 0) is 26.4 Å². The molecule has 0 radical (unpaired) electrons. The maximum Gasteiger partial charge on any atom is 0.0738 e. The monoisotopic (exact) mass is 209 g/mol. The molecular weight excluding hydrogens is 190 g/mol. The van der Waals surface area contributed by atoms with Crippen molar-refractivity contribution < 1.29 is 0 Å². The van der Waals surface area contributed by atoms with Crippen LogP contribution in [-0.4, -0.2) is 46.1 Å². The van der Waals surface area contributed by atoms with E-state index in [4.69, 9.17) is 0 Å². The number of rotatable bonds is 4. The van der Waals surface area contributed by atoms with Crippen molar-refractivity contribution in [2.45, 2.75) is 25.4 Å². The molecule has 1 aliphatic heterocycles. The van der Waals surface area contributed by atoms with E-state index in [0.29, 0.717) is 6.04 Å². The fraction of sp³-hybridized carbons (Fsp3) is 0.800. The number of aromatic nitrogens is 3. The molecule has 0 aromatic carbocycles. The van der Waals surface area contributed by atoms with Gasteiger partial charge in [-0.3, -0.25) is 9.58 Å². The molecule has 0 amide bonds. The third-order valence-corrected chi connectivity index (χ3v) is 3.11. The number of likely N-dealkylation sites (N-methyl/N-ethyl adjacent to an activating group) is 1. The lowest BCUT2D eigenvalue weighted by atomic mass is 10.2. The molecule has 1 fully saturated rings. The van der Waals surface area contributed by atoms with E-state index >= 15 is 0 Å². The van der Waals surface area contributed by atoms with Gasteiger partial charge in [0.1, 0.15) is 0 Å². The molecule has 2 rings (SSSR count). The molecule has 1 unspecified atom stereocenters. The van der Waals surface area contributed by atoms with Crippen molar-refractivity contribution in [1.29, 1.82) is 0 Å². The Labute approximate surface area is 90.5 Å². The van der Waals surface area contributed by atoms with Gasteiger partial charge in [-0.15, -0.1) is 5.10 Å². The summed E-state index contributed by atoms with van der Waals surface area (Å²) in [5, 5.41) is 11.1. The standard InChI is InChI=1S/C10H19N5/c1-11-6-9-4-3-5-15(9)8-10-7-12-13-14(10)2/h7,9,11H,3-6,8H2,1-2H3. The predicted molar refractivity (Wildman–Crippen MR) is 58.4 cm³/mol. The van der Waals surface area contributed by atoms with E-state index in [1.165, 1.54) is 25.1 Å².